The van der Waals surface area contributed by atoms with Crippen molar-refractivity contribution in [3.63, 3.8) is 0 Å². The van der Waals surface area contributed by atoms with Crippen LogP contribution in [0.3, 0.4) is 0 Å². The van der Waals surface area contributed by atoms with E-state index in [4.69, 9.17) is 15.0 Å². The van der Waals surface area contributed by atoms with Crippen molar-refractivity contribution in [1.82, 2.24) is 19.5 Å². The highest BCUT2D eigenvalue weighted by molar-refractivity contribution is 6.21. The monoisotopic (exact) mass is 650 g/mol. The van der Waals surface area contributed by atoms with Crippen LogP contribution in [-0.2, 0) is 0 Å². The van der Waals surface area contributed by atoms with Crippen molar-refractivity contribution in [3.8, 4) is 51.0 Å². The number of nitrogens with zero attached hydrogens (tertiary/aromatic N) is 4. The summed E-state index contributed by atoms with van der Waals surface area (Å²) in [5, 5.41) is 7.47. The van der Waals surface area contributed by atoms with Gasteiger partial charge in [-0.2, -0.15) is 0 Å². The van der Waals surface area contributed by atoms with Gasteiger partial charge in [0.05, 0.1) is 11.0 Å². The zero-order valence-electron chi connectivity index (χ0n) is 27.6. The first-order valence-electron chi connectivity index (χ1n) is 17.2. The molecular weight excluding hydrogens is 621 g/mol. The van der Waals surface area contributed by atoms with E-state index in [1.165, 1.54) is 49.0 Å². The maximum absolute atomic E-state index is 4.91. The minimum Gasteiger partial charge on any atom is -0.309 e. The van der Waals surface area contributed by atoms with Crippen LogP contribution >= 0.6 is 0 Å². The number of hydrogen-bond donors (Lipinski definition) is 0. The molecule has 0 radical (unpaired) electrons. The van der Waals surface area contributed by atoms with E-state index >= 15 is 0 Å². The maximum Gasteiger partial charge on any atom is 0.164 e. The Hall–Kier alpha value is -6.91. The topological polar surface area (TPSA) is 43.6 Å². The van der Waals surface area contributed by atoms with E-state index in [1.807, 2.05) is 60.7 Å². The molecule has 4 nitrogen and oxygen atoms in total. The molecule has 0 spiro atoms. The fourth-order valence-electron chi connectivity index (χ4n) is 7.32. The molecule has 10 aromatic rings. The molecule has 51 heavy (non-hydrogen) atoms. The third-order valence-electron chi connectivity index (χ3n) is 9.82. The average molecular weight is 651 g/mol. The molecule has 0 N–H and O–H groups in total. The Bertz CT molecular complexity index is 2830. The molecule has 0 aliphatic carbocycles. The zero-order valence-corrected chi connectivity index (χ0v) is 27.6. The normalized spacial score (nSPS) is 11.5. The molecular formula is C47H30N4. The van der Waals surface area contributed by atoms with E-state index < -0.39 is 0 Å². The van der Waals surface area contributed by atoms with E-state index in [0.717, 1.165) is 27.8 Å². The molecule has 0 fully saturated rings. The van der Waals surface area contributed by atoms with Crippen LogP contribution in [0, 0.1) is 0 Å². The summed E-state index contributed by atoms with van der Waals surface area (Å²) in [7, 11) is 0. The maximum atomic E-state index is 4.91. The van der Waals surface area contributed by atoms with Crippen LogP contribution in [0.4, 0.5) is 0 Å². The van der Waals surface area contributed by atoms with E-state index in [0.29, 0.717) is 17.5 Å². The van der Waals surface area contributed by atoms with Crippen LogP contribution in [0.25, 0.3) is 94.3 Å². The fourth-order valence-corrected chi connectivity index (χ4v) is 7.32. The standard InChI is InChI=1S/C47H30N4/c1-3-12-33(13-4-1)45-48-46(34-14-5-2-6-15-34)50-47(49-45)35-21-19-32(20-22-35)37-24-27-40-38(29-37)25-28-43-44(40)41-17-9-10-18-42(41)51(43)39-26-23-31-11-7-8-16-36(31)30-39/h1-30H. The van der Waals surface area contributed by atoms with Crippen LogP contribution in [0.5, 0.6) is 0 Å². The Kier molecular flexibility index (Phi) is 6.78. The summed E-state index contributed by atoms with van der Waals surface area (Å²) >= 11 is 0. The average Bonchev–Trinajstić information content (AvgIpc) is 3.56. The molecule has 0 aliphatic heterocycles. The summed E-state index contributed by atoms with van der Waals surface area (Å²) in [6, 6.07) is 64.1. The van der Waals surface area contributed by atoms with Crippen LogP contribution in [0.2, 0.25) is 0 Å². The minimum absolute atomic E-state index is 0.651. The van der Waals surface area contributed by atoms with Crippen LogP contribution in [0.15, 0.2) is 182 Å². The third-order valence-corrected chi connectivity index (χ3v) is 9.82. The van der Waals surface area contributed by atoms with Gasteiger partial charge in [-0.1, -0.05) is 152 Å². The van der Waals surface area contributed by atoms with Crippen molar-refractivity contribution in [2.24, 2.45) is 0 Å². The summed E-state index contributed by atoms with van der Waals surface area (Å²) in [6.45, 7) is 0. The van der Waals surface area contributed by atoms with Crippen LogP contribution in [0.1, 0.15) is 0 Å². The molecule has 238 valence electrons. The van der Waals surface area contributed by atoms with Crippen molar-refractivity contribution < 1.29 is 0 Å². The molecule has 0 saturated carbocycles. The minimum atomic E-state index is 0.651. The number of fused-ring (bicyclic) bond motifs is 6. The number of para-hydroxylation sites is 1. The third kappa shape index (κ3) is 5.04. The Labute approximate surface area is 295 Å². The van der Waals surface area contributed by atoms with Crippen molar-refractivity contribution in [1.29, 1.82) is 0 Å². The van der Waals surface area contributed by atoms with Crippen molar-refractivity contribution in [2.75, 3.05) is 0 Å². The van der Waals surface area contributed by atoms with Crippen molar-refractivity contribution in [2.45, 2.75) is 0 Å². The highest BCUT2D eigenvalue weighted by atomic mass is 15.0. The summed E-state index contributed by atoms with van der Waals surface area (Å²) < 4.78 is 2.40. The molecule has 2 heterocycles. The van der Waals surface area contributed by atoms with Gasteiger partial charge in [-0.3, -0.25) is 0 Å². The van der Waals surface area contributed by atoms with Crippen LogP contribution < -0.4 is 0 Å². The SMILES string of the molecule is c1ccc(-c2nc(-c3ccccc3)nc(-c3ccc(-c4ccc5c(ccc6c5c5ccccc5n6-c5ccc6ccccc6c5)c4)cc3)n2)cc1. The summed E-state index contributed by atoms with van der Waals surface area (Å²) in [5.74, 6) is 1.97. The van der Waals surface area contributed by atoms with E-state index in [9.17, 15) is 0 Å². The van der Waals surface area contributed by atoms with E-state index in [-0.39, 0.29) is 0 Å². The number of rotatable bonds is 5. The predicted molar refractivity (Wildman–Crippen MR) is 211 cm³/mol. The van der Waals surface area contributed by atoms with E-state index in [2.05, 4.69) is 126 Å². The molecule has 0 atom stereocenters. The van der Waals surface area contributed by atoms with Gasteiger partial charge in [0.25, 0.3) is 0 Å². The Morgan fingerprint density at radius 1 is 0.314 bits per heavy atom. The lowest BCUT2D eigenvalue weighted by Gasteiger charge is -2.11. The van der Waals surface area contributed by atoms with Crippen molar-refractivity contribution >= 4 is 43.4 Å². The molecule has 2 aromatic heterocycles. The molecule has 4 heteroatoms. The number of aromatic nitrogens is 4. The van der Waals surface area contributed by atoms with Gasteiger partial charge in [-0.05, 0) is 63.0 Å². The first kappa shape index (κ1) is 29.0. The molecule has 0 aliphatic rings. The van der Waals surface area contributed by atoms with Gasteiger partial charge >= 0.3 is 0 Å². The highest BCUT2D eigenvalue weighted by Crippen LogP contribution is 2.39. The molecule has 0 bridgehead atoms. The zero-order chi connectivity index (χ0) is 33.7. The lowest BCUT2D eigenvalue weighted by atomic mass is 9.97. The van der Waals surface area contributed by atoms with Crippen LogP contribution in [-0.4, -0.2) is 19.5 Å². The molecule has 0 unspecified atom stereocenters. The second-order valence-electron chi connectivity index (χ2n) is 12.9. The van der Waals surface area contributed by atoms with Gasteiger partial charge in [0.2, 0.25) is 0 Å². The first-order chi connectivity index (χ1) is 25.3. The van der Waals surface area contributed by atoms with Gasteiger partial charge in [-0.15, -0.1) is 0 Å². The largest absolute Gasteiger partial charge is 0.309 e. The second-order valence-corrected chi connectivity index (χ2v) is 12.9. The lowest BCUT2D eigenvalue weighted by molar-refractivity contribution is 1.07. The molecule has 0 saturated heterocycles. The Morgan fingerprint density at radius 2 is 0.863 bits per heavy atom. The van der Waals surface area contributed by atoms with Gasteiger partial charge in [-0.25, -0.2) is 15.0 Å². The highest BCUT2D eigenvalue weighted by Gasteiger charge is 2.16. The number of benzene rings is 8. The molecule has 8 aromatic carbocycles. The predicted octanol–water partition coefficient (Wildman–Crippen LogP) is 11.9. The molecule has 0 amide bonds. The quantitative estimate of drug-likeness (QED) is 0.186. The summed E-state index contributed by atoms with van der Waals surface area (Å²) in [4.78, 5) is 14.7. The van der Waals surface area contributed by atoms with E-state index in [1.54, 1.807) is 0 Å². The van der Waals surface area contributed by atoms with Gasteiger partial charge < -0.3 is 4.57 Å². The smallest absolute Gasteiger partial charge is 0.164 e. The fraction of sp³-hybridized carbons (Fsp3) is 0. The Balaban J connectivity index is 1.05. The van der Waals surface area contributed by atoms with Crippen molar-refractivity contribution in [3.05, 3.63) is 182 Å². The first-order valence-corrected chi connectivity index (χ1v) is 17.2. The van der Waals surface area contributed by atoms with Gasteiger partial charge in [0.1, 0.15) is 0 Å². The lowest BCUT2D eigenvalue weighted by Crippen LogP contribution is -2.00. The Morgan fingerprint density at radius 3 is 1.57 bits per heavy atom. The summed E-state index contributed by atoms with van der Waals surface area (Å²) in [5.41, 5.74) is 8.75. The molecule has 10 rings (SSSR count). The second kappa shape index (κ2) is 11.9. The number of hydrogen-bond acceptors (Lipinski definition) is 3. The summed E-state index contributed by atoms with van der Waals surface area (Å²) in [6.07, 6.45) is 0. The van der Waals surface area contributed by atoms with Gasteiger partial charge in [0.15, 0.2) is 17.5 Å². The van der Waals surface area contributed by atoms with Gasteiger partial charge in [0, 0.05) is 33.2 Å².